The number of ether oxygens (including phenoxy) is 1. The van der Waals surface area contributed by atoms with E-state index in [-0.39, 0.29) is 17.2 Å². The zero-order valence-corrected chi connectivity index (χ0v) is 11.7. The largest absolute Gasteiger partial charge is 0.445 e. The number of Topliss-reactive ketones (excluding diaryl/α,β-unsaturated/α-hetero) is 1. The van der Waals surface area contributed by atoms with E-state index in [2.05, 4.69) is 6.07 Å². The zero-order valence-electron chi connectivity index (χ0n) is 11.7. The maximum Gasteiger partial charge on any atom is 0.205 e. The van der Waals surface area contributed by atoms with E-state index < -0.39 is 5.41 Å². The first-order valence-electron chi connectivity index (χ1n) is 6.29. The molecular weight excluding hydrogens is 252 g/mol. The van der Waals surface area contributed by atoms with Crippen molar-refractivity contribution < 1.29 is 9.53 Å². The van der Waals surface area contributed by atoms with Crippen molar-refractivity contribution in [3.8, 4) is 6.07 Å². The van der Waals surface area contributed by atoms with Gasteiger partial charge in [0.25, 0.3) is 0 Å². The van der Waals surface area contributed by atoms with Gasteiger partial charge in [-0.2, -0.15) is 5.26 Å². The van der Waals surface area contributed by atoms with Crippen molar-refractivity contribution in [1.82, 2.24) is 0 Å². The molecule has 0 unspecified atom stereocenters. The molecule has 1 aromatic carbocycles. The van der Waals surface area contributed by atoms with Crippen LogP contribution in [-0.4, -0.2) is 5.78 Å². The Morgan fingerprint density at radius 2 is 1.95 bits per heavy atom. The van der Waals surface area contributed by atoms with Crippen LogP contribution in [0.5, 0.6) is 0 Å². The highest BCUT2D eigenvalue weighted by Gasteiger charge is 2.44. The highest BCUT2D eigenvalue weighted by Crippen LogP contribution is 2.44. The third-order valence-electron chi connectivity index (χ3n) is 3.68. The second-order valence-corrected chi connectivity index (χ2v) is 4.93. The predicted octanol–water partition coefficient (Wildman–Crippen LogP) is 2.53. The number of ketones is 1. The van der Waals surface area contributed by atoms with Crippen LogP contribution in [0.25, 0.3) is 0 Å². The van der Waals surface area contributed by atoms with Crippen LogP contribution in [-0.2, 0) is 14.9 Å². The molecule has 0 radical (unpaired) electrons. The smallest absolute Gasteiger partial charge is 0.205 e. The normalized spacial score (nSPS) is 22.3. The van der Waals surface area contributed by atoms with Crippen LogP contribution >= 0.6 is 0 Å². The first kappa shape index (κ1) is 13.9. The molecule has 0 bridgehead atoms. The molecule has 2 N–H and O–H groups in total. The van der Waals surface area contributed by atoms with E-state index in [1.807, 2.05) is 37.3 Å². The predicted molar refractivity (Wildman–Crippen MR) is 75.1 cm³/mol. The number of nitrogens with zero attached hydrogens (tertiary/aromatic N) is 1. The van der Waals surface area contributed by atoms with Gasteiger partial charge in [0, 0.05) is 5.57 Å². The molecule has 0 aromatic heterocycles. The second-order valence-electron chi connectivity index (χ2n) is 4.93. The van der Waals surface area contributed by atoms with Crippen LogP contribution in [0, 0.1) is 11.3 Å². The Morgan fingerprint density at radius 3 is 2.45 bits per heavy atom. The van der Waals surface area contributed by atoms with Gasteiger partial charge in [-0.15, -0.1) is 0 Å². The van der Waals surface area contributed by atoms with Crippen molar-refractivity contribution in [2.45, 2.75) is 26.2 Å². The number of carbonyl (C=O) groups excluding carboxylic acids is 1. The lowest BCUT2D eigenvalue weighted by molar-refractivity contribution is -0.114. The molecule has 1 aliphatic heterocycles. The molecule has 0 amide bonds. The number of rotatable bonds is 2. The number of nitrogens with two attached hydrogens (primary N) is 1. The molecule has 1 aromatic rings. The summed E-state index contributed by atoms with van der Waals surface area (Å²) in [5.74, 6) is 0.371. The Labute approximate surface area is 118 Å². The van der Waals surface area contributed by atoms with Crippen molar-refractivity contribution in [2.24, 2.45) is 5.73 Å². The average Bonchev–Trinajstić information content (AvgIpc) is 2.39. The molecule has 0 spiro atoms. The molecular formula is C16H16N2O2. The number of allylic oxidation sites excluding steroid dienone is 3. The van der Waals surface area contributed by atoms with Crippen LogP contribution < -0.4 is 5.73 Å². The Hall–Kier alpha value is -2.54. The van der Waals surface area contributed by atoms with E-state index >= 15 is 0 Å². The zero-order chi connectivity index (χ0) is 14.9. The minimum atomic E-state index is -0.881. The van der Waals surface area contributed by atoms with Gasteiger partial charge < -0.3 is 10.5 Å². The number of hydrogen-bond acceptors (Lipinski definition) is 4. The van der Waals surface area contributed by atoms with Crippen LogP contribution in [0.15, 0.2) is 53.1 Å². The van der Waals surface area contributed by atoms with Crippen LogP contribution in [0.1, 0.15) is 26.3 Å². The summed E-state index contributed by atoms with van der Waals surface area (Å²) >= 11 is 0. The number of carbonyl (C=O) groups is 1. The van der Waals surface area contributed by atoms with Crippen molar-refractivity contribution in [3.05, 3.63) is 58.7 Å². The molecule has 1 atom stereocenters. The molecule has 1 aliphatic rings. The fourth-order valence-corrected chi connectivity index (χ4v) is 2.82. The third kappa shape index (κ3) is 1.88. The van der Waals surface area contributed by atoms with E-state index in [0.717, 1.165) is 5.56 Å². The fourth-order valence-electron chi connectivity index (χ4n) is 2.82. The number of hydrogen-bond donors (Lipinski definition) is 1. The summed E-state index contributed by atoms with van der Waals surface area (Å²) in [7, 11) is 0. The quantitative estimate of drug-likeness (QED) is 0.894. The summed E-state index contributed by atoms with van der Waals surface area (Å²) in [6.07, 6.45) is 0. The molecule has 0 fully saturated rings. The Morgan fingerprint density at radius 1 is 1.35 bits per heavy atom. The van der Waals surface area contributed by atoms with Crippen LogP contribution in [0.3, 0.4) is 0 Å². The highest BCUT2D eigenvalue weighted by atomic mass is 16.5. The maximum atomic E-state index is 12.1. The fraction of sp³-hybridized carbons (Fsp3) is 0.250. The molecule has 102 valence electrons. The van der Waals surface area contributed by atoms with E-state index in [4.69, 9.17) is 10.5 Å². The van der Waals surface area contributed by atoms with Crippen molar-refractivity contribution in [1.29, 1.82) is 5.26 Å². The molecule has 0 aliphatic carbocycles. The Bertz CT molecular complexity index is 665. The van der Waals surface area contributed by atoms with Gasteiger partial charge in [-0.1, -0.05) is 30.3 Å². The minimum Gasteiger partial charge on any atom is -0.445 e. The molecule has 4 heteroatoms. The maximum absolute atomic E-state index is 12.1. The summed E-state index contributed by atoms with van der Waals surface area (Å²) in [5, 5.41) is 9.44. The first-order chi connectivity index (χ1) is 9.42. The van der Waals surface area contributed by atoms with Gasteiger partial charge in [0.2, 0.25) is 5.88 Å². The second kappa shape index (κ2) is 4.86. The Balaban J connectivity index is 2.80. The summed E-state index contributed by atoms with van der Waals surface area (Å²) in [6, 6.07) is 11.5. The summed E-state index contributed by atoms with van der Waals surface area (Å²) in [4.78, 5) is 12.1. The van der Waals surface area contributed by atoms with Gasteiger partial charge in [0.1, 0.15) is 17.4 Å². The van der Waals surface area contributed by atoms with Crippen molar-refractivity contribution in [2.75, 3.05) is 0 Å². The summed E-state index contributed by atoms with van der Waals surface area (Å²) < 4.78 is 5.37. The number of nitriles is 1. The first-order valence-corrected chi connectivity index (χ1v) is 6.29. The SMILES string of the molecule is CC(=O)C1=C(C)OC(N)=C(C#N)[C@]1(C)c1ccccc1. The summed E-state index contributed by atoms with van der Waals surface area (Å²) in [5.41, 5.74) is 6.53. The molecule has 4 nitrogen and oxygen atoms in total. The van der Waals surface area contributed by atoms with E-state index in [1.54, 1.807) is 6.92 Å². The molecule has 1 heterocycles. The van der Waals surface area contributed by atoms with E-state index in [0.29, 0.717) is 11.3 Å². The summed E-state index contributed by atoms with van der Waals surface area (Å²) in [6.45, 7) is 5.00. The lowest BCUT2D eigenvalue weighted by atomic mass is 9.68. The van der Waals surface area contributed by atoms with Crippen molar-refractivity contribution >= 4 is 5.78 Å². The minimum absolute atomic E-state index is 0.0568. The standard InChI is InChI=1S/C16H16N2O2/c1-10(19)14-11(2)20-15(18)13(9-17)16(14,3)12-7-5-4-6-8-12/h4-8H,18H2,1-3H3/t16-/m0/s1. The van der Waals surface area contributed by atoms with Crippen molar-refractivity contribution in [3.63, 3.8) is 0 Å². The lowest BCUT2D eigenvalue weighted by Gasteiger charge is -2.36. The molecule has 20 heavy (non-hydrogen) atoms. The monoisotopic (exact) mass is 268 g/mol. The third-order valence-corrected chi connectivity index (χ3v) is 3.68. The highest BCUT2D eigenvalue weighted by molar-refractivity contribution is 5.98. The Kier molecular flexibility index (Phi) is 3.37. The van der Waals surface area contributed by atoms with E-state index in [1.165, 1.54) is 6.92 Å². The van der Waals surface area contributed by atoms with Gasteiger partial charge in [0.15, 0.2) is 5.78 Å². The van der Waals surface area contributed by atoms with Gasteiger partial charge in [-0.25, -0.2) is 0 Å². The molecule has 0 saturated carbocycles. The molecule has 0 saturated heterocycles. The van der Waals surface area contributed by atoms with Gasteiger partial charge in [-0.05, 0) is 26.3 Å². The van der Waals surface area contributed by atoms with Gasteiger partial charge in [0.05, 0.1) is 5.41 Å². The van der Waals surface area contributed by atoms with E-state index in [9.17, 15) is 10.1 Å². The molecule has 2 rings (SSSR count). The number of benzene rings is 1. The van der Waals surface area contributed by atoms with Crippen LogP contribution in [0.4, 0.5) is 0 Å². The van der Waals surface area contributed by atoms with Gasteiger partial charge in [-0.3, -0.25) is 4.79 Å². The van der Waals surface area contributed by atoms with Gasteiger partial charge >= 0.3 is 0 Å². The average molecular weight is 268 g/mol. The lowest BCUT2D eigenvalue weighted by Crippen LogP contribution is -2.37. The topological polar surface area (TPSA) is 76.1 Å². The van der Waals surface area contributed by atoms with Crippen LogP contribution in [0.2, 0.25) is 0 Å².